The number of hydrogen-bond donors (Lipinski definition) is 1. The molecular formula is C13H14ClN3O. The number of aromatic nitrogens is 2. The Hall–Kier alpha value is -1.39. The number of fused-ring (bicyclic) bond motifs is 1. The predicted molar refractivity (Wildman–Crippen MR) is 71.3 cm³/mol. The van der Waals surface area contributed by atoms with Gasteiger partial charge in [-0.2, -0.15) is 0 Å². The Morgan fingerprint density at radius 2 is 2.11 bits per heavy atom. The number of piperidine rings is 1. The van der Waals surface area contributed by atoms with Crippen molar-refractivity contribution < 1.29 is 0 Å². The lowest BCUT2D eigenvalue weighted by Crippen LogP contribution is -2.28. The Morgan fingerprint density at radius 3 is 2.89 bits per heavy atom. The molecule has 0 spiro atoms. The van der Waals surface area contributed by atoms with Crippen molar-refractivity contribution in [2.24, 2.45) is 0 Å². The van der Waals surface area contributed by atoms with Gasteiger partial charge >= 0.3 is 0 Å². The highest BCUT2D eigenvalue weighted by molar-refractivity contribution is 6.29. The molecule has 0 atom stereocenters. The summed E-state index contributed by atoms with van der Waals surface area (Å²) in [6.45, 7) is 1.97. The van der Waals surface area contributed by atoms with E-state index in [-0.39, 0.29) is 5.56 Å². The molecule has 1 N–H and O–H groups in total. The van der Waals surface area contributed by atoms with Crippen molar-refractivity contribution in [3.63, 3.8) is 0 Å². The molecule has 1 fully saturated rings. The molecule has 0 amide bonds. The van der Waals surface area contributed by atoms with Gasteiger partial charge in [0.1, 0.15) is 10.8 Å². The minimum Gasteiger partial charge on any atom is -0.317 e. The van der Waals surface area contributed by atoms with E-state index >= 15 is 0 Å². The topological polar surface area (TPSA) is 46.4 Å². The first-order valence-corrected chi connectivity index (χ1v) is 6.52. The maximum atomic E-state index is 12.1. The first-order chi connectivity index (χ1) is 8.75. The Morgan fingerprint density at radius 1 is 1.33 bits per heavy atom. The van der Waals surface area contributed by atoms with Gasteiger partial charge in [-0.05, 0) is 38.1 Å². The minimum atomic E-state index is -0.0980. The fourth-order valence-electron chi connectivity index (χ4n) is 2.46. The molecule has 3 heterocycles. The number of halogens is 1. The maximum absolute atomic E-state index is 12.1. The molecule has 0 aromatic carbocycles. The van der Waals surface area contributed by atoms with Crippen LogP contribution >= 0.6 is 11.6 Å². The van der Waals surface area contributed by atoms with E-state index < -0.39 is 0 Å². The first-order valence-electron chi connectivity index (χ1n) is 6.14. The second-order valence-corrected chi connectivity index (χ2v) is 4.97. The quantitative estimate of drug-likeness (QED) is 0.799. The van der Waals surface area contributed by atoms with Crippen molar-refractivity contribution in [1.82, 2.24) is 14.7 Å². The lowest BCUT2D eigenvalue weighted by atomic mass is 9.94. The third-order valence-corrected chi connectivity index (χ3v) is 3.71. The third kappa shape index (κ3) is 2.02. The lowest BCUT2D eigenvalue weighted by Gasteiger charge is -2.22. The van der Waals surface area contributed by atoms with Crippen LogP contribution in [0.4, 0.5) is 0 Å². The molecule has 18 heavy (non-hydrogen) atoms. The fourth-order valence-corrected chi connectivity index (χ4v) is 2.70. The molecule has 1 saturated heterocycles. The van der Waals surface area contributed by atoms with E-state index in [1.165, 1.54) is 4.40 Å². The number of rotatable bonds is 1. The van der Waals surface area contributed by atoms with E-state index in [1.807, 2.05) is 12.1 Å². The van der Waals surface area contributed by atoms with Crippen LogP contribution < -0.4 is 10.9 Å². The molecule has 1 aliphatic rings. The smallest absolute Gasteiger partial charge is 0.259 e. The Kier molecular flexibility index (Phi) is 3.06. The SMILES string of the molecule is O=c1cc(C2CCNCC2)nc2cccc(Cl)n12. The zero-order valence-corrected chi connectivity index (χ0v) is 10.7. The summed E-state index contributed by atoms with van der Waals surface area (Å²) in [5.74, 6) is 0.378. The van der Waals surface area contributed by atoms with Gasteiger partial charge in [-0.25, -0.2) is 4.98 Å². The molecule has 1 aliphatic heterocycles. The largest absolute Gasteiger partial charge is 0.317 e. The van der Waals surface area contributed by atoms with Crippen molar-refractivity contribution in [3.05, 3.63) is 45.5 Å². The van der Waals surface area contributed by atoms with E-state index in [0.29, 0.717) is 16.7 Å². The molecule has 3 rings (SSSR count). The fraction of sp³-hybridized carbons (Fsp3) is 0.385. The maximum Gasteiger partial charge on any atom is 0.259 e. The van der Waals surface area contributed by atoms with Gasteiger partial charge in [-0.3, -0.25) is 9.20 Å². The summed E-state index contributed by atoms with van der Waals surface area (Å²) in [4.78, 5) is 16.7. The Labute approximate surface area is 110 Å². The zero-order valence-electron chi connectivity index (χ0n) is 9.90. The van der Waals surface area contributed by atoms with Crippen molar-refractivity contribution in [1.29, 1.82) is 0 Å². The van der Waals surface area contributed by atoms with Crippen LogP contribution in [0.2, 0.25) is 5.15 Å². The number of nitrogens with zero attached hydrogens (tertiary/aromatic N) is 2. The number of pyridine rings is 1. The average molecular weight is 264 g/mol. The molecule has 2 aromatic rings. The van der Waals surface area contributed by atoms with Crippen LogP contribution in [-0.4, -0.2) is 22.5 Å². The highest BCUT2D eigenvalue weighted by Gasteiger charge is 2.18. The molecule has 0 saturated carbocycles. The highest BCUT2D eigenvalue weighted by atomic mass is 35.5. The van der Waals surface area contributed by atoms with E-state index in [1.54, 1.807) is 12.1 Å². The predicted octanol–water partition coefficient (Wildman–Crippen LogP) is 1.81. The molecule has 94 valence electrons. The Balaban J connectivity index is 2.12. The van der Waals surface area contributed by atoms with Gasteiger partial charge in [0.15, 0.2) is 0 Å². The van der Waals surface area contributed by atoms with Crippen LogP contribution in [-0.2, 0) is 0 Å². The van der Waals surface area contributed by atoms with Crippen molar-refractivity contribution in [2.75, 3.05) is 13.1 Å². The van der Waals surface area contributed by atoms with Gasteiger partial charge in [0.25, 0.3) is 5.56 Å². The monoisotopic (exact) mass is 263 g/mol. The molecule has 2 aromatic heterocycles. The van der Waals surface area contributed by atoms with Crippen LogP contribution in [0, 0.1) is 0 Å². The summed E-state index contributed by atoms with van der Waals surface area (Å²) in [6.07, 6.45) is 2.06. The molecule has 0 radical (unpaired) electrons. The van der Waals surface area contributed by atoms with Gasteiger partial charge in [0, 0.05) is 12.0 Å². The van der Waals surface area contributed by atoms with Gasteiger partial charge in [0.2, 0.25) is 0 Å². The van der Waals surface area contributed by atoms with Crippen molar-refractivity contribution in [3.8, 4) is 0 Å². The standard InChI is InChI=1S/C13H14ClN3O/c14-11-2-1-3-12-16-10(8-13(18)17(11)12)9-4-6-15-7-5-9/h1-3,8-9,15H,4-7H2. The van der Waals surface area contributed by atoms with E-state index in [0.717, 1.165) is 31.6 Å². The van der Waals surface area contributed by atoms with E-state index in [4.69, 9.17) is 11.6 Å². The van der Waals surface area contributed by atoms with Crippen LogP contribution in [0.5, 0.6) is 0 Å². The number of hydrogen-bond acceptors (Lipinski definition) is 3. The molecule has 4 nitrogen and oxygen atoms in total. The summed E-state index contributed by atoms with van der Waals surface area (Å²) in [7, 11) is 0. The average Bonchev–Trinajstić information content (AvgIpc) is 2.39. The van der Waals surface area contributed by atoms with E-state index in [2.05, 4.69) is 10.3 Å². The molecular weight excluding hydrogens is 250 g/mol. The molecule has 0 unspecified atom stereocenters. The van der Waals surface area contributed by atoms with Gasteiger partial charge in [-0.1, -0.05) is 17.7 Å². The second-order valence-electron chi connectivity index (χ2n) is 4.59. The molecule has 0 aliphatic carbocycles. The summed E-state index contributed by atoms with van der Waals surface area (Å²) in [5, 5.41) is 3.72. The highest BCUT2D eigenvalue weighted by Crippen LogP contribution is 2.23. The minimum absolute atomic E-state index is 0.0980. The summed E-state index contributed by atoms with van der Waals surface area (Å²) in [5.41, 5.74) is 1.42. The van der Waals surface area contributed by atoms with Crippen LogP contribution in [0.3, 0.4) is 0 Å². The zero-order chi connectivity index (χ0) is 12.5. The van der Waals surface area contributed by atoms with Crippen molar-refractivity contribution >= 4 is 17.2 Å². The summed E-state index contributed by atoms with van der Waals surface area (Å²) >= 11 is 6.01. The Bertz CT molecular complexity index is 632. The first kappa shape index (κ1) is 11.7. The second kappa shape index (κ2) is 4.71. The normalized spacial score (nSPS) is 17.2. The van der Waals surface area contributed by atoms with Gasteiger partial charge in [0.05, 0.1) is 5.69 Å². The third-order valence-electron chi connectivity index (χ3n) is 3.41. The van der Waals surface area contributed by atoms with Crippen molar-refractivity contribution in [2.45, 2.75) is 18.8 Å². The van der Waals surface area contributed by atoms with Crippen LogP contribution in [0.15, 0.2) is 29.1 Å². The summed E-state index contributed by atoms with van der Waals surface area (Å²) < 4.78 is 1.44. The molecule has 0 bridgehead atoms. The van der Waals surface area contributed by atoms with Crippen LogP contribution in [0.25, 0.3) is 5.65 Å². The van der Waals surface area contributed by atoms with Gasteiger partial charge < -0.3 is 5.32 Å². The molecule has 5 heteroatoms. The summed E-state index contributed by atoms with van der Waals surface area (Å²) in [6, 6.07) is 6.95. The van der Waals surface area contributed by atoms with Crippen LogP contribution in [0.1, 0.15) is 24.5 Å². The van der Waals surface area contributed by atoms with Gasteiger partial charge in [-0.15, -0.1) is 0 Å². The number of nitrogens with one attached hydrogen (secondary N) is 1. The van der Waals surface area contributed by atoms with E-state index in [9.17, 15) is 4.79 Å². The lowest BCUT2D eigenvalue weighted by molar-refractivity contribution is 0.453.